The van der Waals surface area contributed by atoms with Gasteiger partial charge in [-0.05, 0) is 43.4 Å². The molecule has 1 unspecified atom stereocenters. The second kappa shape index (κ2) is 3.63. The van der Waals surface area contributed by atoms with Crippen molar-refractivity contribution in [3.05, 3.63) is 35.5 Å². The van der Waals surface area contributed by atoms with Gasteiger partial charge >= 0.3 is 0 Å². The van der Waals surface area contributed by atoms with E-state index < -0.39 is 0 Å². The minimum absolute atomic E-state index is 0.565. The molecule has 2 N–H and O–H groups in total. The summed E-state index contributed by atoms with van der Waals surface area (Å²) in [5.41, 5.74) is 10.3. The third-order valence-corrected chi connectivity index (χ3v) is 3.93. The Hall–Kier alpha value is -1.28. The van der Waals surface area contributed by atoms with Gasteiger partial charge in [-0.25, -0.2) is 0 Å². The van der Waals surface area contributed by atoms with Crippen molar-refractivity contribution in [1.82, 2.24) is 4.57 Å². The van der Waals surface area contributed by atoms with Gasteiger partial charge in [0.05, 0.1) is 0 Å². The molecule has 0 aliphatic heterocycles. The van der Waals surface area contributed by atoms with Crippen LogP contribution in [0.3, 0.4) is 0 Å². The zero-order valence-electron chi connectivity index (χ0n) is 9.74. The van der Waals surface area contributed by atoms with Crippen LogP contribution >= 0.6 is 0 Å². The summed E-state index contributed by atoms with van der Waals surface area (Å²) < 4.78 is 2.35. The quantitative estimate of drug-likeness (QED) is 0.777. The third-order valence-electron chi connectivity index (χ3n) is 3.93. The Morgan fingerprint density at radius 1 is 1.38 bits per heavy atom. The zero-order valence-corrected chi connectivity index (χ0v) is 9.74. The number of nitrogens with two attached hydrogens (primary N) is 1. The number of benzene rings is 1. The van der Waals surface area contributed by atoms with E-state index >= 15 is 0 Å². The molecule has 2 nitrogen and oxygen atoms in total. The van der Waals surface area contributed by atoms with E-state index in [0.717, 1.165) is 6.54 Å². The molecule has 3 rings (SSSR count). The molecule has 0 fully saturated rings. The lowest BCUT2D eigenvalue weighted by Crippen LogP contribution is -2.18. The molecule has 1 atom stereocenters. The second-order valence-electron chi connectivity index (χ2n) is 4.76. The van der Waals surface area contributed by atoms with E-state index in [1.807, 2.05) is 0 Å². The topological polar surface area (TPSA) is 30.9 Å². The number of aromatic nitrogens is 1. The van der Waals surface area contributed by atoms with Gasteiger partial charge in [0.25, 0.3) is 0 Å². The van der Waals surface area contributed by atoms with E-state index in [9.17, 15) is 0 Å². The molecule has 1 aromatic heterocycles. The number of rotatable bonds is 1. The number of nitrogens with zero attached hydrogens (tertiary/aromatic N) is 1. The highest BCUT2D eigenvalue weighted by atomic mass is 15.0. The fourth-order valence-corrected chi connectivity index (χ4v) is 3.13. The standard InChI is InChI=1S/C14H18N2/c1-16-12-7-3-2-6-11(12)14-10(9-15)5-4-8-13(14)16/h2-3,6-7,10H,4-5,8-9,15H2,1H3. The van der Waals surface area contributed by atoms with E-state index in [-0.39, 0.29) is 0 Å². The molecule has 0 spiro atoms. The fourth-order valence-electron chi connectivity index (χ4n) is 3.13. The van der Waals surface area contributed by atoms with E-state index in [1.165, 1.54) is 41.4 Å². The van der Waals surface area contributed by atoms with E-state index in [4.69, 9.17) is 5.73 Å². The number of hydrogen-bond acceptors (Lipinski definition) is 1. The van der Waals surface area contributed by atoms with Crippen LogP contribution in [0.1, 0.15) is 30.0 Å². The van der Waals surface area contributed by atoms with Crippen LogP contribution in [-0.4, -0.2) is 11.1 Å². The largest absolute Gasteiger partial charge is 0.347 e. The summed E-state index contributed by atoms with van der Waals surface area (Å²) in [6.45, 7) is 0.779. The first kappa shape index (κ1) is 9.91. The average molecular weight is 214 g/mol. The van der Waals surface area contributed by atoms with Crippen LogP contribution in [-0.2, 0) is 13.5 Å². The Labute approximate surface area is 96.1 Å². The van der Waals surface area contributed by atoms with E-state index in [2.05, 4.69) is 35.9 Å². The Balaban J connectivity index is 2.34. The summed E-state index contributed by atoms with van der Waals surface area (Å²) in [6.07, 6.45) is 3.73. The van der Waals surface area contributed by atoms with Crippen molar-refractivity contribution in [2.75, 3.05) is 6.54 Å². The van der Waals surface area contributed by atoms with Crippen LogP contribution in [0.25, 0.3) is 10.9 Å². The molecular formula is C14H18N2. The lowest BCUT2D eigenvalue weighted by atomic mass is 9.85. The summed E-state index contributed by atoms with van der Waals surface area (Å²) in [5, 5.41) is 1.41. The van der Waals surface area contributed by atoms with E-state index in [0.29, 0.717) is 5.92 Å². The highest BCUT2D eigenvalue weighted by Crippen LogP contribution is 2.37. The monoisotopic (exact) mass is 214 g/mol. The molecular weight excluding hydrogens is 196 g/mol. The number of aryl methyl sites for hydroxylation is 1. The maximum atomic E-state index is 5.91. The number of para-hydroxylation sites is 1. The molecule has 2 heteroatoms. The zero-order chi connectivity index (χ0) is 11.1. The summed E-state index contributed by atoms with van der Waals surface area (Å²) in [5.74, 6) is 0.565. The van der Waals surface area contributed by atoms with Crippen LogP contribution in [0.4, 0.5) is 0 Å². The molecule has 0 saturated carbocycles. The Morgan fingerprint density at radius 2 is 2.19 bits per heavy atom. The molecule has 0 saturated heterocycles. The van der Waals surface area contributed by atoms with Crippen LogP contribution in [0.2, 0.25) is 0 Å². The molecule has 1 heterocycles. The average Bonchev–Trinajstić information content (AvgIpc) is 2.64. The maximum absolute atomic E-state index is 5.91. The van der Waals surface area contributed by atoms with Gasteiger partial charge in [0.15, 0.2) is 0 Å². The van der Waals surface area contributed by atoms with Crippen molar-refractivity contribution in [2.45, 2.75) is 25.2 Å². The van der Waals surface area contributed by atoms with Crippen LogP contribution in [0.5, 0.6) is 0 Å². The molecule has 16 heavy (non-hydrogen) atoms. The third kappa shape index (κ3) is 1.23. The van der Waals surface area contributed by atoms with Crippen LogP contribution in [0.15, 0.2) is 24.3 Å². The maximum Gasteiger partial charge on any atom is 0.0482 e. The summed E-state index contributed by atoms with van der Waals surface area (Å²) in [7, 11) is 2.18. The SMILES string of the molecule is Cn1c2c(c3ccccc31)C(CN)CCC2. The van der Waals surface area contributed by atoms with Gasteiger partial charge in [0.2, 0.25) is 0 Å². The van der Waals surface area contributed by atoms with Crippen molar-refractivity contribution in [2.24, 2.45) is 12.8 Å². The first-order valence-corrected chi connectivity index (χ1v) is 6.09. The summed E-state index contributed by atoms with van der Waals surface area (Å²) >= 11 is 0. The Kier molecular flexibility index (Phi) is 2.25. The van der Waals surface area contributed by atoms with Crippen molar-refractivity contribution in [3.8, 4) is 0 Å². The molecule has 2 aromatic rings. The number of hydrogen-bond donors (Lipinski definition) is 1. The minimum Gasteiger partial charge on any atom is -0.347 e. The normalized spacial score (nSPS) is 20.0. The van der Waals surface area contributed by atoms with E-state index in [1.54, 1.807) is 0 Å². The van der Waals surface area contributed by atoms with Crippen LogP contribution in [0, 0.1) is 0 Å². The molecule has 1 aromatic carbocycles. The smallest absolute Gasteiger partial charge is 0.0482 e. The Morgan fingerprint density at radius 3 is 3.00 bits per heavy atom. The van der Waals surface area contributed by atoms with Gasteiger partial charge in [0.1, 0.15) is 0 Å². The molecule has 0 amide bonds. The second-order valence-corrected chi connectivity index (χ2v) is 4.76. The Bertz CT molecular complexity index is 525. The lowest BCUT2D eigenvalue weighted by molar-refractivity contribution is 0.549. The predicted octanol–water partition coefficient (Wildman–Crippen LogP) is 2.56. The predicted molar refractivity (Wildman–Crippen MR) is 67.7 cm³/mol. The van der Waals surface area contributed by atoms with Gasteiger partial charge < -0.3 is 10.3 Å². The first-order valence-electron chi connectivity index (χ1n) is 6.09. The highest BCUT2D eigenvalue weighted by Gasteiger charge is 2.24. The van der Waals surface area contributed by atoms with Gasteiger partial charge in [-0.3, -0.25) is 0 Å². The first-order chi connectivity index (χ1) is 7.83. The van der Waals surface area contributed by atoms with Gasteiger partial charge in [-0.2, -0.15) is 0 Å². The molecule has 1 aliphatic carbocycles. The number of fused-ring (bicyclic) bond motifs is 3. The van der Waals surface area contributed by atoms with Crippen molar-refractivity contribution < 1.29 is 0 Å². The van der Waals surface area contributed by atoms with Crippen molar-refractivity contribution >= 4 is 10.9 Å². The molecule has 0 radical (unpaired) electrons. The lowest BCUT2D eigenvalue weighted by Gasteiger charge is -2.22. The van der Waals surface area contributed by atoms with Gasteiger partial charge in [0, 0.05) is 23.6 Å². The minimum atomic E-state index is 0.565. The summed E-state index contributed by atoms with van der Waals surface area (Å²) in [4.78, 5) is 0. The van der Waals surface area contributed by atoms with Gasteiger partial charge in [-0.15, -0.1) is 0 Å². The molecule has 84 valence electrons. The molecule has 0 bridgehead atoms. The van der Waals surface area contributed by atoms with Crippen molar-refractivity contribution in [3.63, 3.8) is 0 Å². The van der Waals surface area contributed by atoms with Crippen LogP contribution < -0.4 is 5.73 Å². The van der Waals surface area contributed by atoms with Crippen molar-refractivity contribution in [1.29, 1.82) is 0 Å². The highest BCUT2D eigenvalue weighted by molar-refractivity contribution is 5.86. The fraction of sp³-hybridized carbons (Fsp3) is 0.429. The van der Waals surface area contributed by atoms with Gasteiger partial charge in [-0.1, -0.05) is 18.2 Å². The summed E-state index contributed by atoms with van der Waals surface area (Å²) in [6, 6.07) is 8.69. The molecule has 1 aliphatic rings.